The zero-order valence-corrected chi connectivity index (χ0v) is 23.0. The van der Waals surface area contributed by atoms with Crippen LogP contribution in [-0.2, 0) is 20.8 Å². The highest BCUT2D eigenvalue weighted by Gasteiger charge is 2.64. The summed E-state index contributed by atoms with van der Waals surface area (Å²) in [6, 6.07) is 5.76. The van der Waals surface area contributed by atoms with Crippen molar-refractivity contribution >= 4 is 28.9 Å². The van der Waals surface area contributed by atoms with Gasteiger partial charge in [-0.1, -0.05) is 12.0 Å². The van der Waals surface area contributed by atoms with E-state index in [0.29, 0.717) is 16.9 Å². The van der Waals surface area contributed by atoms with Crippen LogP contribution in [0, 0.1) is 23.7 Å². The van der Waals surface area contributed by atoms with E-state index in [2.05, 4.69) is 16.8 Å². The average molecular weight is 559 g/mol. The number of benzene rings is 1. The smallest absolute Gasteiger partial charge is 0.255 e. The molecule has 1 heterocycles. The van der Waals surface area contributed by atoms with E-state index >= 15 is 0 Å². The Hall–Kier alpha value is -4.66. The number of carbonyl (C=O) groups is 3. The van der Waals surface area contributed by atoms with Crippen LogP contribution in [0.5, 0.6) is 5.75 Å². The number of amides is 1. The molecule has 11 heteroatoms. The number of pyridine rings is 1. The molecule has 0 saturated heterocycles. The van der Waals surface area contributed by atoms with Gasteiger partial charge in [0.1, 0.15) is 28.5 Å². The van der Waals surface area contributed by atoms with Gasteiger partial charge in [0.2, 0.25) is 5.78 Å². The Labute approximate surface area is 236 Å². The zero-order chi connectivity index (χ0) is 30.0. The number of ketones is 2. The lowest BCUT2D eigenvalue weighted by Crippen LogP contribution is -2.65. The van der Waals surface area contributed by atoms with Gasteiger partial charge in [-0.15, -0.1) is 0 Å². The van der Waals surface area contributed by atoms with Crippen LogP contribution < -0.4 is 10.6 Å². The second-order valence-corrected chi connectivity index (χ2v) is 11.0. The number of phenols is 1. The highest BCUT2D eigenvalue weighted by atomic mass is 16.3. The van der Waals surface area contributed by atoms with E-state index in [1.165, 1.54) is 4.90 Å². The first-order chi connectivity index (χ1) is 19.3. The van der Waals surface area contributed by atoms with Crippen LogP contribution in [-0.4, -0.2) is 87.6 Å². The summed E-state index contributed by atoms with van der Waals surface area (Å²) in [6.07, 6.45) is 1.78. The van der Waals surface area contributed by atoms with Gasteiger partial charge < -0.3 is 31.1 Å². The van der Waals surface area contributed by atoms with Crippen molar-refractivity contribution in [1.82, 2.24) is 9.88 Å². The molecule has 1 saturated carbocycles. The molecule has 3 aliphatic carbocycles. The van der Waals surface area contributed by atoms with E-state index in [-0.39, 0.29) is 35.3 Å². The standard InChI is InChI=1S/C30H30N4O7/c1-33(2)19-13-14(8-9-16-7-5-6-10-32-16)24(35)21-17(19)11-15-12-18-23(34(3)4)26(37)22(29(31)40)28(39)30(18,41)27(38)20(15)25(21)36/h5-7,10,13,15,18,23,35-36,39,41H,11-12H2,1-4H3,(H2,31,40)/t15-,18-,23-,30-/m0/s1. The van der Waals surface area contributed by atoms with Gasteiger partial charge in [-0.3, -0.25) is 19.3 Å². The van der Waals surface area contributed by atoms with Gasteiger partial charge in [0.05, 0.1) is 17.2 Å². The number of carbonyl (C=O) groups excluding carboxylic acids is 3. The minimum absolute atomic E-state index is 0.0145. The maximum absolute atomic E-state index is 14.0. The molecule has 0 spiro atoms. The van der Waals surface area contributed by atoms with Crippen molar-refractivity contribution in [2.75, 3.05) is 33.1 Å². The molecule has 1 aromatic carbocycles. The Morgan fingerprint density at radius 1 is 1.12 bits per heavy atom. The number of aliphatic hydroxyl groups excluding tert-OH is 2. The summed E-state index contributed by atoms with van der Waals surface area (Å²) in [5.41, 5.74) is 3.44. The molecule has 212 valence electrons. The molecule has 2 aromatic rings. The molecule has 3 aliphatic rings. The molecule has 11 nitrogen and oxygen atoms in total. The first-order valence-electron chi connectivity index (χ1n) is 12.9. The number of Topliss-reactive ketones (excluding diaryl/α,β-unsaturated/α-hetero) is 2. The molecule has 4 atom stereocenters. The summed E-state index contributed by atoms with van der Waals surface area (Å²) in [5, 5.41) is 45.6. The van der Waals surface area contributed by atoms with Crippen LogP contribution in [0.15, 0.2) is 47.4 Å². The van der Waals surface area contributed by atoms with Gasteiger partial charge in [0.15, 0.2) is 11.4 Å². The summed E-state index contributed by atoms with van der Waals surface area (Å²) in [7, 11) is 6.70. The first kappa shape index (κ1) is 27.9. The van der Waals surface area contributed by atoms with Crippen molar-refractivity contribution in [2.45, 2.75) is 24.5 Å². The number of nitrogens with zero attached hydrogens (tertiary/aromatic N) is 3. The third-order valence-corrected chi connectivity index (χ3v) is 8.17. The molecule has 6 N–H and O–H groups in total. The fraction of sp³-hybridized carbons (Fsp3) is 0.333. The van der Waals surface area contributed by atoms with Crippen molar-refractivity contribution < 1.29 is 34.8 Å². The molecule has 0 aliphatic heterocycles. The number of hydrogen-bond donors (Lipinski definition) is 5. The second-order valence-electron chi connectivity index (χ2n) is 11.0. The fourth-order valence-corrected chi connectivity index (χ4v) is 6.35. The lowest BCUT2D eigenvalue weighted by atomic mass is 9.57. The molecule has 0 radical (unpaired) electrons. The Balaban J connectivity index is 1.73. The summed E-state index contributed by atoms with van der Waals surface area (Å²) in [4.78, 5) is 46.8. The Morgan fingerprint density at radius 3 is 2.41 bits per heavy atom. The number of aliphatic hydroxyl groups is 3. The molecule has 0 unspecified atom stereocenters. The third kappa shape index (κ3) is 4.06. The van der Waals surface area contributed by atoms with E-state index in [1.807, 2.05) is 0 Å². The quantitative estimate of drug-likeness (QED) is 0.268. The number of primary amides is 1. The van der Waals surface area contributed by atoms with Crippen molar-refractivity contribution in [2.24, 2.45) is 17.6 Å². The van der Waals surface area contributed by atoms with Crippen LogP contribution in [0.1, 0.15) is 28.8 Å². The normalized spacial score (nSPS) is 25.3. The maximum atomic E-state index is 14.0. The van der Waals surface area contributed by atoms with E-state index in [1.54, 1.807) is 63.6 Å². The molecule has 1 amide bonds. The number of aromatic nitrogens is 1. The Kier molecular flexibility index (Phi) is 6.64. The number of rotatable bonds is 3. The number of phenolic OH excluding ortho intramolecular Hbond substituents is 1. The molecular weight excluding hydrogens is 528 g/mol. The van der Waals surface area contributed by atoms with Crippen LogP contribution in [0.3, 0.4) is 0 Å². The lowest BCUT2D eigenvalue weighted by Gasteiger charge is -2.50. The number of anilines is 1. The molecule has 41 heavy (non-hydrogen) atoms. The van der Waals surface area contributed by atoms with E-state index in [4.69, 9.17) is 5.73 Å². The topological polar surface area (TPSA) is 178 Å². The predicted octanol–water partition coefficient (Wildman–Crippen LogP) is 0.825. The van der Waals surface area contributed by atoms with Gasteiger partial charge in [0.25, 0.3) is 5.91 Å². The van der Waals surface area contributed by atoms with Gasteiger partial charge in [-0.05, 0) is 62.5 Å². The molecule has 0 bridgehead atoms. The van der Waals surface area contributed by atoms with Crippen LogP contribution >= 0.6 is 0 Å². The van der Waals surface area contributed by atoms with Gasteiger partial charge >= 0.3 is 0 Å². The molecule has 1 aromatic heterocycles. The highest BCUT2D eigenvalue weighted by Crippen LogP contribution is 2.54. The van der Waals surface area contributed by atoms with Crippen molar-refractivity contribution in [1.29, 1.82) is 0 Å². The minimum atomic E-state index is -2.69. The number of nitrogens with two attached hydrogens (primary N) is 1. The summed E-state index contributed by atoms with van der Waals surface area (Å²) in [6.45, 7) is 0. The average Bonchev–Trinajstić information content (AvgIpc) is 2.90. The zero-order valence-electron chi connectivity index (χ0n) is 23.0. The van der Waals surface area contributed by atoms with Gasteiger partial charge in [-0.2, -0.15) is 0 Å². The maximum Gasteiger partial charge on any atom is 0.255 e. The van der Waals surface area contributed by atoms with Crippen LogP contribution in [0.25, 0.3) is 5.76 Å². The van der Waals surface area contributed by atoms with Crippen LogP contribution in [0.2, 0.25) is 0 Å². The van der Waals surface area contributed by atoms with Crippen LogP contribution in [0.4, 0.5) is 5.69 Å². The minimum Gasteiger partial charge on any atom is -0.508 e. The third-order valence-electron chi connectivity index (χ3n) is 8.17. The van der Waals surface area contributed by atoms with E-state index in [9.17, 15) is 34.8 Å². The Bertz CT molecular complexity index is 1630. The summed E-state index contributed by atoms with van der Waals surface area (Å²) in [5.74, 6) is -1.23. The SMILES string of the molecule is CN(C)c1cc(C#Cc2ccccn2)c(O)c2c1C[C@H]1C[C@H]3[C@H](N(C)C)C(=O)C(C(N)=O)=C(O)[C@@]3(O)C(=O)C1=C2O. The van der Waals surface area contributed by atoms with Crippen molar-refractivity contribution in [3.8, 4) is 17.6 Å². The molecule has 1 fully saturated rings. The van der Waals surface area contributed by atoms with E-state index in [0.717, 1.165) is 0 Å². The number of likely N-dealkylation sites (N-methyl/N-ethyl adjacent to an activating group) is 1. The number of aromatic hydroxyl groups is 1. The molecule has 5 rings (SSSR count). The Morgan fingerprint density at radius 2 is 1.83 bits per heavy atom. The number of fused-ring (bicyclic) bond motifs is 3. The summed E-state index contributed by atoms with van der Waals surface area (Å²) < 4.78 is 0. The largest absolute Gasteiger partial charge is 0.508 e. The van der Waals surface area contributed by atoms with E-state index < -0.39 is 58.0 Å². The first-order valence-corrected chi connectivity index (χ1v) is 12.9. The number of hydrogen-bond acceptors (Lipinski definition) is 10. The molecular formula is C30H30N4O7. The monoisotopic (exact) mass is 558 g/mol. The summed E-state index contributed by atoms with van der Waals surface area (Å²) >= 11 is 0. The lowest BCUT2D eigenvalue weighted by molar-refractivity contribution is -0.153. The van der Waals surface area contributed by atoms with Gasteiger partial charge in [0, 0.05) is 37.5 Å². The van der Waals surface area contributed by atoms with Crippen molar-refractivity contribution in [3.05, 3.63) is 69.8 Å². The van der Waals surface area contributed by atoms with Crippen molar-refractivity contribution in [3.63, 3.8) is 0 Å². The predicted molar refractivity (Wildman–Crippen MR) is 149 cm³/mol. The second kappa shape index (κ2) is 9.76. The fourth-order valence-electron chi connectivity index (χ4n) is 6.35. The van der Waals surface area contributed by atoms with Gasteiger partial charge in [-0.25, -0.2) is 4.98 Å². The highest BCUT2D eigenvalue weighted by molar-refractivity contribution is 6.24.